The third kappa shape index (κ3) is 6.77. The number of carbonyl (C=O) groups excluding carboxylic acids is 1. The molecular formula is C22H26N2O3. The lowest BCUT2D eigenvalue weighted by Gasteiger charge is -2.06. The molecule has 1 aliphatic carbocycles. The van der Waals surface area contributed by atoms with Gasteiger partial charge in [-0.3, -0.25) is 4.79 Å². The van der Waals surface area contributed by atoms with Crippen LogP contribution in [0.4, 0.5) is 0 Å². The maximum atomic E-state index is 12.0. The van der Waals surface area contributed by atoms with Gasteiger partial charge in [-0.2, -0.15) is 0 Å². The van der Waals surface area contributed by atoms with Crippen molar-refractivity contribution in [2.45, 2.75) is 32.7 Å². The molecule has 1 N–H and O–H groups in total. The number of aromatic nitrogens is 1. The number of pyridine rings is 1. The zero-order valence-corrected chi connectivity index (χ0v) is 15.7. The maximum absolute atomic E-state index is 12.0. The Morgan fingerprint density at radius 3 is 2.67 bits per heavy atom. The average molecular weight is 366 g/mol. The van der Waals surface area contributed by atoms with E-state index < -0.39 is 0 Å². The molecule has 1 fully saturated rings. The predicted molar refractivity (Wildman–Crippen MR) is 106 cm³/mol. The van der Waals surface area contributed by atoms with Crippen molar-refractivity contribution < 1.29 is 14.3 Å². The van der Waals surface area contributed by atoms with E-state index in [1.807, 2.05) is 36.4 Å². The zero-order chi connectivity index (χ0) is 18.9. The number of nitrogens with zero attached hydrogens (tertiary/aromatic N) is 1. The first-order valence-electron chi connectivity index (χ1n) is 9.49. The zero-order valence-electron chi connectivity index (χ0n) is 15.7. The van der Waals surface area contributed by atoms with E-state index in [-0.39, 0.29) is 5.91 Å². The second kappa shape index (κ2) is 9.76. The minimum atomic E-state index is -0.143. The molecule has 1 amide bonds. The van der Waals surface area contributed by atoms with Crippen LogP contribution in [0.3, 0.4) is 0 Å². The van der Waals surface area contributed by atoms with E-state index in [4.69, 9.17) is 9.47 Å². The molecular weight excluding hydrogens is 340 g/mol. The lowest BCUT2D eigenvalue weighted by atomic mass is 10.2. The van der Waals surface area contributed by atoms with E-state index in [0.717, 1.165) is 29.9 Å². The van der Waals surface area contributed by atoms with Gasteiger partial charge in [-0.25, -0.2) is 4.98 Å². The standard InChI is InChI=1S/C22H26N2O3/c1-2-13-26-20-9-5-17(6-10-20)7-11-21(25)23-14-19-8-12-22(24-15-19)27-16-18-3-4-18/h5-12,15,18H,2-4,13-14,16H2,1H3,(H,23,25)/b11-7+. The van der Waals surface area contributed by atoms with Gasteiger partial charge in [0.2, 0.25) is 11.8 Å². The van der Waals surface area contributed by atoms with Crippen LogP contribution >= 0.6 is 0 Å². The van der Waals surface area contributed by atoms with Crippen LogP contribution in [0.1, 0.15) is 37.3 Å². The Bertz CT molecular complexity index is 750. The molecule has 27 heavy (non-hydrogen) atoms. The first-order valence-corrected chi connectivity index (χ1v) is 9.49. The molecule has 142 valence electrons. The predicted octanol–water partition coefficient (Wildman–Crippen LogP) is 3.99. The van der Waals surface area contributed by atoms with E-state index in [1.54, 1.807) is 12.3 Å². The van der Waals surface area contributed by atoms with Gasteiger partial charge >= 0.3 is 0 Å². The van der Waals surface area contributed by atoms with Gasteiger partial charge in [0, 0.05) is 24.9 Å². The molecule has 1 aliphatic rings. The van der Waals surface area contributed by atoms with Crippen molar-refractivity contribution in [2.75, 3.05) is 13.2 Å². The number of ether oxygens (including phenoxy) is 2. The van der Waals surface area contributed by atoms with Gasteiger partial charge in [0.05, 0.1) is 13.2 Å². The van der Waals surface area contributed by atoms with Crippen molar-refractivity contribution in [1.82, 2.24) is 10.3 Å². The van der Waals surface area contributed by atoms with Gasteiger partial charge in [-0.1, -0.05) is 25.1 Å². The molecule has 3 rings (SSSR count). The van der Waals surface area contributed by atoms with Crippen molar-refractivity contribution in [3.8, 4) is 11.6 Å². The molecule has 0 spiro atoms. The van der Waals surface area contributed by atoms with Crippen LogP contribution in [0.25, 0.3) is 6.08 Å². The van der Waals surface area contributed by atoms with Gasteiger partial charge in [0.1, 0.15) is 5.75 Å². The fraction of sp³-hybridized carbons (Fsp3) is 0.364. The van der Waals surface area contributed by atoms with Gasteiger partial charge in [-0.15, -0.1) is 0 Å². The summed E-state index contributed by atoms with van der Waals surface area (Å²) in [6, 6.07) is 11.5. The highest BCUT2D eigenvalue weighted by Gasteiger charge is 2.21. The molecule has 1 aromatic carbocycles. The van der Waals surface area contributed by atoms with Crippen molar-refractivity contribution in [3.05, 3.63) is 59.8 Å². The summed E-state index contributed by atoms with van der Waals surface area (Å²) in [6.07, 6.45) is 8.55. The quantitative estimate of drug-likeness (QED) is 0.646. The molecule has 0 atom stereocenters. The number of rotatable bonds is 10. The summed E-state index contributed by atoms with van der Waals surface area (Å²) < 4.78 is 11.2. The summed E-state index contributed by atoms with van der Waals surface area (Å²) in [5.41, 5.74) is 1.89. The van der Waals surface area contributed by atoms with Crippen LogP contribution in [0.15, 0.2) is 48.7 Å². The molecule has 1 aromatic heterocycles. The number of carbonyl (C=O) groups is 1. The number of hydrogen-bond acceptors (Lipinski definition) is 4. The Labute approximate surface area is 160 Å². The number of amides is 1. The van der Waals surface area contributed by atoms with Crippen molar-refractivity contribution >= 4 is 12.0 Å². The van der Waals surface area contributed by atoms with Crippen LogP contribution in [-0.4, -0.2) is 24.1 Å². The van der Waals surface area contributed by atoms with E-state index >= 15 is 0 Å². The Balaban J connectivity index is 1.41. The van der Waals surface area contributed by atoms with E-state index in [0.29, 0.717) is 24.9 Å². The fourth-order valence-electron chi connectivity index (χ4n) is 2.40. The maximum Gasteiger partial charge on any atom is 0.244 e. The highest BCUT2D eigenvalue weighted by molar-refractivity contribution is 5.91. The summed E-state index contributed by atoms with van der Waals surface area (Å²) in [6.45, 7) is 3.96. The largest absolute Gasteiger partial charge is 0.494 e. The van der Waals surface area contributed by atoms with Gasteiger partial charge < -0.3 is 14.8 Å². The molecule has 1 saturated carbocycles. The molecule has 5 heteroatoms. The van der Waals surface area contributed by atoms with Crippen LogP contribution in [0, 0.1) is 5.92 Å². The molecule has 0 aliphatic heterocycles. The SMILES string of the molecule is CCCOc1ccc(/C=C/C(=O)NCc2ccc(OCC3CC3)nc2)cc1. The van der Waals surface area contributed by atoms with E-state index in [9.17, 15) is 4.79 Å². The number of benzene rings is 1. The summed E-state index contributed by atoms with van der Waals surface area (Å²) in [5, 5.41) is 2.86. The molecule has 2 aromatic rings. The van der Waals surface area contributed by atoms with Gasteiger partial charge in [0.15, 0.2) is 0 Å². The summed E-state index contributed by atoms with van der Waals surface area (Å²) in [7, 11) is 0. The first-order chi connectivity index (χ1) is 13.2. The van der Waals surface area contributed by atoms with E-state index in [2.05, 4.69) is 17.2 Å². The molecule has 0 saturated heterocycles. The minimum absolute atomic E-state index is 0.143. The summed E-state index contributed by atoms with van der Waals surface area (Å²) in [5.74, 6) is 2.05. The van der Waals surface area contributed by atoms with Crippen molar-refractivity contribution in [1.29, 1.82) is 0 Å². The first kappa shape index (κ1) is 19.0. The summed E-state index contributed by atoms with van der Waals surface area (Å²) >= 11 is 0. The Morgan fingerprint density at radius 2 is 2.00 bits per heavy atom. The summed E-state index contributed by atoms with van der Waals surface area (Å²) in [4.78, 5) is 16.3. The fourth-order valence-corrected chi connectivity index (χ4v) is 2.40. The molecule has 0 radical (unpaired) electrons. The van der Waals surface area contributed by atoms with Crippen molar-refractivity contribution in [2.24, 2.45) is 5.92 Å². The lowest BCUT2D eigenvalue weighted by Crippen LogP contribution is -2.20. The lowest BCUT2D eigenvalue weighted by molar-refractivity contribution is -0.116. The third-order valence-corrected chi connectivity index (χ3v) is 4.21. The van der Waals surface area contributed by atoms with Gasteiger partial charge in [-0.05, 0) is 54.5 Å². The van der Waals surface area contributed by atoms with Crippen LogP contribution in [0.2, 0.25) is 0 Å². The second-order valence-corrected chi connectivity index (χ2v) is 6.73. The number of hydrogen-bond donors (Lipinski definition) is 1. The van der Waals surface area contributed by atoms with Crippen LogP contribution < -0.4 is 14.8 Å². The Kier molecular flexibility index (Phi) is 6.85. The van der Waals surface area contributed by atoms with Crippen molar-refractivity contribution in [3.63, 3.8) is 0 Å². The monoisotopic (exact) mass is 366 g/mol. The second-order valence-electron chi connectivity index (χ2n) is 6.73. The molecule has 0 bridgehead atoms. The highest BCUT2D eigenvalue weighted by Crippen LogP contribution is 2.29. The molecule has 1 heterocycles. The third-order valence-electron chi connectivity index (χ3n) is 4.21. The average Bonchev–Trinajstić information content (AvgIpc) is 3.53. The Morgan fingerprint density at radius 1 is 1.19 bits per heavy atom. The molecule has 5 nitrogen and oxygen atoms in total. The van der Waals surface area contributed by atoms with Crippen LogP contribution in [0.5, 0.6) is 11.6 Å². The normalized spacial score (nSPS) is 13.5. The number of nitrogens with one attached hydrogen (secondary N) is 1. The topological polar surface area (TPSA) is 60.5 Å². The minimum Gasteiger partial charge on any atom is -0.494 e. The Hall–Kier alpha value is -2.82. The smallest absolute Gasteiger partial charge is 0.244 e. The van der Waals surface area contributed by atoms with Gasteiger partial charge in [0.25, 0.3) is 0 Å². The highest BCUT2D eigenvalue weighted by atomic mass is 16.5. The molecule has 0 unspecified atom stereocenters. The van der Waals surface area contributed by atoms with E-state index in [1.165, 1.54) is 18.9 Å². The van der Waals surface area contributed by atoms with Crippen LogP contribution in [-0.2, 0) is 11.3 Å².